The number of aliphatic carboxylic acids is 1. The van der Waals surface area contributed by atoms with E-state index in [0.29, 0.717) is 0 Å². The van der Waals surface area contributed by atoms with Crippen LogP contribution in [0.5, 0.6) is 0 Å². The molecule has 0 saturated carbocycles. The van der Waals surface area contributed by atoms with Gasteiger partial charge in [0, 0.05) is 12.8 Å². The summed E-state index contributed by atoms with van der Waals surface area (Å²) in [5.74, 6) is -2.34. The second-order valence-corrected chi connectivity index (χ2v) is 3.14. The van der Waals surface area contributed by atoms with Crippen molar-refractivity contribution in [1.29, 1.82) is 0 Å². The van der Waals surface area contributed by atoms with Crippen molar-refractivity contribution in [3.8, 4) is 0 Å². The molecule has 0 bridgehead atoms. The summed E-state index contributed by atoms with van der Waals surface area (Å²) in [5.41, 5.74) is 2.15. The second-order valence-electron chi connectivity index (χ2n) is 3.14. The third-order valence-electron chi connectivity index (χ3n) is 1.95. The molecule has 0 aromatic carbocycles. The molecule has 1 unspecified atom stereocenters. The lowest BCUT2D eigenvalue weighted by molar-refractivity contribution is -0.142. The van der Waals surface area contributed by atoms with Gasteiger partial charge in [0.2, 0.25) is 5.91 Å². The van der Waals surface area contributed by atoms with Crippen LogP contribution in [-0.4, -0.2) is 46.4 Å². The van der Waals surface area contributed by atoms with Gasteiger partial charge in [0.1, 0.15) is 5.71 Å². The molecule has 1 heterocycles. The monoisotopic (exact) mass is 229 g/mol. The number of hydrogen-bond donors (Lipinski definition) is 4. The number of carbonyl (C=O) groups is 3. The fraction of sp³-hybridized carbons (Fsp3) is 0.500. The van der Waals surface area contributed by atoms with Crippen molar-refractivity contribution in [3.63, 3.8) is 0 Å². The first-order chi connectivity index (χ1) is 7.54. The zero-order valence-electron chi connectivity index (χ0n) is 8.27. The molecular weight excluding hydrogens is 218 g/mol. The summed E-state index contributed by atoms with van der Waals surface area (Å²) in [6, 6.07) is -1.37. The van der Waals surface area contributed by atoms with Gasteiger partial charge < -0.3 is 15.5 Å². The van der Waals surface area contributed by atoms with Crippen molar-refractivity contribution < 1.29 is 24.6 Å². The quantitative estimate of drug-likeness (QED) is 0.435. The molecule has 1 aliphatic rings. The van der Waals surface area contributed by atoms with Gasteiger partial charge in [-0.25, -0.2) is 10.2 Å². The van der Waals surface area contributed by atoms with Gasteiger partial charge in [0.05, 0.1) is 6.61 Å². The van der Waals surface area contributed by atoms with Gasteiger partial charge in [-0.2, -0.15) is 5.10 Å². The van der Waals surface area contributed by atoms with Crippen molar-refractivity contribution >= 4 is 23.5 Å². The fourth-order valence-corrected chi connectivity index (χ4v) is 1.06. The van der Waals surface area contributed by atoms with Crippen LogP contribution in [0.4, 0.5) is 0 Å². The summed E-state index contributed by atoms with van der Waals surface area (Å²) < 4.78 is 0. The highest BCUT2D eigenvalue weighted by atomic mass is 16.4. The zero-order chi connectivity index (χ0) is 12.1. The zero-order valence-corrected chi connectivity index (χ0v) is 8.27. The molecule has 0 radical (unpaired) electrons. The van der Waals surface area contributed by atoms with Gasteiger partial charge in [0.15, 0.2) is 6.04 Å². The Labute approximate surface area is 90.3 Å². The molecule has 0 aliphatic carbocycles. The van der Waals surface area contributed by atoms with E-state index in [9.17, 15) is 14.4 Å². The molecule has 1 atom stereocenters. The van der Waals surface area contributed by atoms with Crippen LogP contribution in [0.2, 0.25) is 0 Å². The number of aliphatic hydroxyl groups is 1. The van der Waals surface area contributed by atoms with E-state index in [0.717, 1.165) is 0 Å². The van der Waals surface area contributed by atoms with E-state index in [1.165, 1.54) is 0 Å². The van der Waals surface area contributed by atoms with Gasteiger partial charge in [-0.05, 0) is 0 Å². The number of hydrazone groups is 1. The Bertz CT molecular complexity index is 352. The maximum Gasteiger partial charge on any atom is 0.328 e. The highest BCUT2D eigenvalue weighted by Crippen LogP contribution is 2.00. The van der Waals surface area contributed by atoms with Crippen molar-refractivity contribution in [3.05, 3.63) is 0 Å². The number of hydrogen-bond acceptors (Lipinski definition) is 5. The highest BCUT2D eigenvalue weighted by molar-refractivity contribution is 6.39. The molecule has 1 rings (SSSR count). The molecule has 2 amide bonds. The average Bonchev–Trinajstić information content (AvgIpc) is 2.26. The number of nitrogens with zero attached hydrogens (tertiary/aromatic N) is 1. The summed E-state index contributed by atoms with van der Waals surface area (Å²) in [4.78, 5) is 32.7. The van der Waals surface area contributed by atoms with Gasteiger partial charge in [0.25, 0.3) is 5.91 Å². The molecule has 0 aromatic heterocycles. The number of nitrogens with one attached hydrogen (secondary N) is 2. The van der Waals surface area contributed by atoms with E-state index in [4.69, 9.17) is 10.2 Å². The van der Waals surface area contributed by atoms with Crippen LogP contribution in [-0.2, 0) is 14.4 Å². The lowest BCUT2D eigenvalue weighted by atomic mass is 10.1. The van der Waals surface area contributed by atoms with Crippen LogP contribution < -0.4 is 10.7 Å². The molecule has 8 nitrogen and oxygen atoms in total. The van der Waals surface area contributed by atoms with Gasteiger partial charge >= 0.3 is 5.97 Å². The maximum atomic E-state index is 11.4. The molecule has 4 N–H and O–H groups in total. The normalized spacial score (nSPS) is 17.1. The number of rotatable bonds is 4. The van der Waals surface area contributed by atoms with E-state index >= 15 is 0 Å². The minimum absolute atomic E-state index is 0.0410. The van der Waals surface area contributed by atoms with E-state index in [-0.39, 0.29) is 24.5 Å². The van der Waals surface area contributed by atoms with Crippen LogP contribution in [0.15, 0.2) is 5.10 Å². The lowest BCUT2D eigenvalue weighted by Crippen LogP contribution is -2.47. The highest BCUT2D eigenvalue weighted by Gasteiger charge is 2.23. The Morgan fingerprint density at radius 2 is 2.19 bits per heavy atom. The molecule has 1 aliphatic heterocycles. The topological polar surface area (TPSA) is 128 Å². The summed E-state index contributed by atoms with van der Waals surface area (Å²) in [5, 5.41) is 22.8. The predicted molar refractivity (Wildman–Crippen MR) is 51.5 cm³/mol. The minimum atomic E-state index is -1.37. The van der Waals surface area contributed by atoms with Crippen LogP contribution >= 0.6 is 0 Å². The largest absolute Gasteiger partial charge is 0.480 e. The van der Waals surface area contributed by atoms with Gasteiger partial charge in [-0.1, -0.05) is 0 Å². The van der Waals surface area contributed by atoms with E-state index < -0.39 is 24.5 Å². The summed E-state index contributed by atoms with van der Waals surface area (Å²) in [6.07, 6.45) is 0.276. The first-order valence-corrected chi connectivity index (χ1v) is 4.54. The molecular formula is C8H11N3O5. The third-order valence-corrected chi connectivity index (χ3v) is 1.95. The van der Waals surface area contributed by atoms with Crippen LogP contribution in [0.25, 0.3) is 0 Å². The molecule has 0 spiro atoms. The molecule has 0 aromatic rings. The first kappa shape index (κ1) is 12.1. The van der Waals surface area contributed by atoms with Crippen LogP contribution in [0.1, 0.15) is 12.8 Å². The Balaban J connectivity index is 2.58. The Morgan fingerprint density at radius 1 is 1.50 bits per heavy atom. The van der Waals surface area contributed by atoms with Gasteiger partial charge in [-0.15, -0.1) is 0 Å². The summed E-state index contributed by atoms with van der Waals surface area (Å²) >= 11 is 0. The molecule has 8 heteroatoms. The van der Waals surface area contributed by atoms with Crippen molar-refractivity contribution in [1.82, 2.24) is 10.7 Å². The van der Waals surface area contributed by atoms with Crippen LogP contribution in [0, 0.1) is 0 Å². The van der Waals surface area contributed by atoms with Gasteiger partial charge in [-0.3, -0.25) is 9.59 Å². The molecule has 0 fully saturated rings. The van der Waals surface area contributed by atoms with Crippen molar-refractivity contribution in [2.75, 3.05) is 6.61 Å². The molecule has 88 valence electrons. The number of carboxylic acids is 1. The predicted octanol–water partition coefficient (Wildman–Crippen LogP) is -2.19. The lowest BCUT2D eigenvalue weighted by Gasteiger charge is -2.14. The SMILES string of the molecule is O=C1CCC(C(=O)NC(CO)C(=O)O)=NN1. The number of carbonyl (C=O) groups excluding carboxylic acids is 2. The van der Waals surface area contributed by atoms with Crippen molar-refractivity contribution in [2.45, 2.75) is 18.9 Å². The number of carboxylic acid groups (broad SMARTS) is 1. The average molecular weight is 229 g/mol. The first-order valence-electron chi connectivity index (χ1n) is 4.54. The third kappa shape index (κ3) is 3.02. The number of amides is 2. The minimum Gasteiger partial charge on any atom is -0.480 e. The van der Waals surface area contributed by atoms with Crippen molar-refractivity contribution in [2.24, 2.45) is 5.10 Å². The summed E-state index contributed by atoms with van der Waals surface area (Å²) in [6.45, 7) is -0.708. The Kier molecular flexibility index (Phi) is 3.95. The Morgan fingerprint density at radius 3 is 2.62 bits per heavy atom. The van der Waals surface area contributed by atoms with E-state index in [2.05, 4.69) is 15.8 Å². The van der Waals surface area contributed by atoms with E-state index in [1.807, 2.05) is 0 Å². The number of aliphatic hydroxyl groups excluding tert-OH is 1. The molecule has 16 heavy (non-hydrogen) atoms. The summed E-state index contributed by atoms with van der Waals surface area (Å²) in [7, 11) is 0. The Hall–Kier alpha value is -1.96. The van der Waals surface area contributed by atoms with E-state index in [1.54, 1.807) is 0 Å². The van der Waals surface area contributed by atoms with Crippen LogP contribution in [0.3, 0.4) is 0 Å². The second kappa shape index (κ2) is 5.21. The maximum absolute atomic E-state index is 11.4. The smallest absolute Gasteiger partial charge is 0.328 e. The molecule has 0 saturated heterocycles. The fourth-order valence-electron chi connectivity index (χ4n) is 1.06. The standard InChI is InChI=1S/C8H11N3O5/c12-3-5(8(15)16)9-7(14)4-1-2-6(13)11-10-4/h5,12H,1-3H2,(H,9,14)(H,11,13)(H,15,16).